The van der Waals surface area contributed by atoms with Crippen LogP contribution in [0, 0.1) is 0 Å². The molecular formula is C12H15Cl2NOS. The van der Waals surface area contributed by atoms with Crippen molar-refractivity contribution in [1.29, 1.82) is 0 Å². The van der Waals surface area contributed by atoms with Crippen molar-refractivity contribution in [3.05, 3.63) is 34.9 Å². The molecule has 0 aliphatic heterocycles. The van der Waals surface area contributed by atoms with Gasteiger partial charge in [0.05, 0.1) is 16.3 Å². The van der Waals surface area contributed by atoms with E-state index in [0.29, 0.717) is 10.7 Å². The first kappa shape index (κ1) is 14.7. The minimum absolute atomic E-state index is 0.226. The lowest BCUT2D eigenvalue weighted by Crippen LogP contribution is -2.21. The molecule has 0 spiro atoms. The maximum Gasteiger partial charge on any atom is 0.145 e. The molecular weight excluding hydrogens is 277 g/mol. The minimum atomic E-state index is -1.30. The van der Waals surface area contributed by atoms with Crippen molar-refractivity contribution in [1.82, 2.24) is 0 Å². The van der Waals surface area contributed by atoms with Gasteiger partial charge in [0.2, 0.25) is 0 Å². The Morgan fingerprint density at radius 1 is 1.29 bits per heavy atom. The summed E-state index contributed by atoms with van der Waals surface area (Å²) in [7, 11) is -1.30. The third-order valence-corrected chi connectivity index (χ3v) is 3.96. The molecule has 0 heterocycles. The summed E-state index contributed by atoms with van der Waals surface area (Å²) in [5.74, 6) is 0.226. The van der Waals surface area contributed by atoms with Crippen molar-refractivity contribution in [3.8, 4) is 0 Å². The van der Waals surface area contributed by atoms with E-state index in [9.17, 15) is 4.21 Å². The van der Waals surface area contributed by atoms with Crippen LogP contribution in [0.2, 0.25) is 5.02 Å². The number of hydrogen-bond donors (Lipinski definition) is 0. The van der Waals surface area contributed by atoms with Crippen LogP contribution in [0.25, 0.3) is 0 Å². The fourth-order valence-electron chi connectivity index (χ4n) is 1.03. The molecule has 0 unspecified atom stereocenters. The first-order valence-corrected chi connectivity index (χ1v) is 7.18. The zero-order valence-corrected chi connectivity index (χ0v) is 12.4. The summed E-state index contributed by atoms with van der Waals surface area (Å²) < 4.78 is 15.7. The largest absolute Gasteiger partial charge is 0.234 e. The van der Waals surface area contributed by atoms with Crippen LogP contribution in [0.1, 0.15) is 26.3 Å². The first-order chi connectivity index (χ1) is 7.84. The summed E-state index contributed by atoms with van der Waals surface area (Å²) in [5, 5.41) is 0.652. The minimum Gasteiger partial charge on any atom is -0.234 e. The van der Waals surface area contributed by atoms with Gasteiger partial charge in [-0.2, -0.15) is 4.40 Å². The van der Waals surface area contributed by atoms with E-state index in [0.717, 1.165) is 5.56 Å². The quantitative estimate of drug-likeness (QED) is 0.615. The van der Waals surface area contributed by atoms with Crippen LogP contribution in [-0.2, 0) is 11.0 Å². The zero-order valence-electron chi connectivity index (χ0n) is 10.0. The first-order valence-electron chi connectivity index (χ1n) is 5.16. The van der Waals surface area contributed by atoms with Gasteiger partial charge in [-0.15, -0.1) is 11.6 Å². The Morgan fingerprint density at radius 2 is 1.82 bits per heavy atom. The summed E-state index contributed by atoms with van der Waals surface area (Å²) in [6, 6.07) is 7.17. The van der Waals surface area contributed by atoms with E-state index in [2.05, 4.69) is 4.40 Å². The Kier molecular flexibility index (Phi) is 5.17. The number of rotatable bonds is 3. The molecule has 0 saturated carbocycles. The lowest BCUT2D eigenvalue weighted by Gasteiger charge is -2.14. The van der Waals surface area contributed by atoms with E-state index in [-0.39, 0.29) is 10.6 Å². The number of benzene rings is 1. The molecule has 2 nitrogen and oxygen atoms in total. The molecule has 1 aromatic carbocycles. The molecule has 94 valence electrons. The third-order valence-electron chi connectivity index (χ3n) is 2.02. The summed E-state index contributed by atoms with van der Waals surface area (Å²) >= 11 is 11.6. The highest BCUT2D eigenvalue weighted by atomic mass is 35.5. The van der Waals surface area contributed by atoms with Crippen molar-refractivity contribution in [2.75, 3.05) is 5.88 Å². The van der Waals surface area contributed by atoms with Crippen LogP contribution >= 0.6 is 23.2 Å². The van der Waals surface area contributed by atoms with Gasteiger partial charge in [0.15, 0.2) is 0 Å². The van der Waals surface area contributed by atoms with Crippen molar-refractivity contribution in [2.24, 2.45) is 4.40 Å². The second-order valence-corrected chi connectivity index (χ2v) is 7.15. The van der Waals surface area contributed by atoms with Crippen LogP contribution in [0.5, 0.6) is 0 Å². The molecule has 0 aliphatic carbocycles. The molecule has 1 rings (SSSR count). The molecule has 0 aromatic heterocycles. The highest BCUT2D eigenvalue weighted by Crippen LogP contribution is 2.16. The number of alkyl halides is 1. The number of nitrogens with zero attached hydrogens (tertiary/aromatic N) is 1. The smallest absolute Gasteiger partial charge is 0.145 e. The van der Waals surface area contributed by atoms with Crippen LogP contribution in [-0.4, -0.2) is 20.5 Å². The van der Waals surface area contributed by atoms with Gasteiger partial charge in [0.1, 0.15) is 11.0 Å². The molecule has 0 amide bonds. The van der Waals surface area contributed by atoms with Crippen molar-refractivity contribution in [2.45, 2.75) is 25.5 Å². The van der Waals surface area contributed by atoms with Gasteiger partial charge in [-0.1, -0.05) is 23.7 Å². The van der Waals surface area contributed by atoms with E-state index < -0.39 is 11.0 Å². The molecule has 0 fully saturated rings. The predicted octanol–water partition coefficient (Wildman–Crippen LogP) is 3.83. The average molecular weight is 292 g/mol. The van der Waals surface area contributed by atoms with Crippen LogP contribution in [0.15, 0.2) is 28.7 Å². The van der Waals surface area contributed by atoms with Crippen molar-refractivity contribution in [3.63, 3.8) is 0 Å². The zero-order chi connectivity index (χ0) is 13.1. The molecule has 0 bridgehead atoms. The molecule has 0 N–H and O–H groups in total. The van der Waals surface area contributed by atoms with E-state index >= 15 is 0 Å². The Balaban J connectivity index is 3.04. The van der Waals surface area contributed by atoms with E-state index in [4.69, 9.17) is 23.2 Å². The van der Waals surface area contributed by atoms with Gasteiger partial charge in [0.25, 0.3) is 0 Å². The fraction of sp³-hybridized carbons (Fsp3) is 0.417. The van der Waals surface area contributed by atoms with E-state index in [1.807, 2.05) is 32.9 Å². The monoisotopic (exact) mass is 291 g/mol. The van der Waals surface area contributed by atoms with Gasteiger partial charge in [-0.25, -0.2) is 4.21 Å². The number of halogens is 2. The Morgan fingerprint density at radius 3 is 2.24 bits per heavy atom. The lowest BCUT2D eigenvalue weighted by atomic mass is 10.1. The van der Waals surface area contributed by atoms with Crippen LogP contribution in [0.3, 0.4) is 0 Å². The number of hydrogen-bond acceptors (Lipinski definition) is 1. The summed E-state index contributed by atoms with van der Waals surface area (Å²) in [6.07, 6.45) is 0. The molecule has 1 aromatic rings. The third kappa shape index (κ3) is 4.41. The maximum atomic E-state index is 11.9. The van der Waals surface area contributed by atoms with Gasteiger partial charge in [-0.3, -0.25) is 0 Å². The summed E-state index contributed by atoms with van der Waals surface area (Å²) in [5.41, 5.74) is 1.47. The summed E-state index contributed by atoms with van der Waals surface area (Å²) in [6.45, 7) is 5.63. The van der Waals surface area contributed by atoms with Crippen LogP contribution < -0.4 is 0 Å². The summed E-state index contributed by atoms with van der Waals surface area (Å²) in [4.78, 5) is 0. The second-order valence-electron chi connectivity index (χ2n) is 4.54. The fourth-order valence-corrected chi connectivity index (χ4v) is 2.09. The predicted molar refractivity (Wildman–Crippen MR) is 76.6 cm³/mol. The molecule has 0 saturated heterocycles. The normalized spacial score (nSPS) is 14.8. The molecule has 0 aliphatic rings. The van der Waals surface area contributed by atoms with Crippen molar-refractivity contribution < 1.29 is 4.21 Å². The molecule has 0 radical (unpaired) electrons. The lowest BCUT2D eigenvalue weighted by molar-refractivity contribution is 0.650. The Hall–Kier alpha value is -0.380. The standard InChI is InChI=1S/C12H15Cl2NOS/c1-12(2,3)17(16)15-11(8-13)9-4-6-10(14)7-5-9/h4-7H,8H2,1-3H3/b15-11+/t17-/m1/s1. The average Bonchev–Trinajstić information content (AvgIpc) is 2.25. The van der Waals surface area contributed by atoms with Gasteiger partial charge < -0.3 is 0 Å². The molecule has 1 atom stereocenters. The van der Waals surface area contributed by atoms with E-state index in [1.54, 1.807) is 12.1 Å². The Bertz CT molecular complexity index is 435. The van der Waals surface area contributed by atoms with E-state index in [1.165, 1.54) is 0 Å². The highest BCUT2D eigenvalue weighted by Gasteiger charge is 2.19. The van der Waals surface area contributed by atoms with Crippen molar-refractivity contribution >= 4 is 39.9 Å². The topological polar surface area (TPSA) is 29.4 Å². The molecule has 17 heavy (non-hydrogen) atoms. The van der Waals surface area contributed by atoms with Gasteiger partial charge >= 0.3 is 0 Å². The van der Waals surface area contributed by atoms with Gasteiger partial charge in [-0.05, 0) is 38.5 Å². The molecule has 5 heteroatoms. The Labute approximate surface area is 115 Å². The van der Waals surface area contributed by atoms with Crippen LogP contribution in [0.4, 0.5) is 0 Å². The highest BCUT2D eigenvalue weighted by molar-refractivity contribution is 7.85. The SMILES string of the molecule is CC(C)(C)[S@@](=O)/N=C(\CCl)c1ccc(Cl)cc1. The maximum absolute atomic E-state index is 11.9. The second kappa shape index (κ2) is 5.98. The van der Waals surface area contributed by atoms with Gasteiger partial charge in [0, 0.05) is 5.02 Å².